The van der Waals surface area contributed by atoms with Gasteiger partial charge in [0.05, 0.1) is 10.2 Å². The minimum Gasteiger partial charge on any atom is -0.481 e. The van der Waals surface area contributed by atoms with Gasteiger partial charge in [0.1, 0.15) is 11.6 Å². The average molecular weight is 322 g/mol. The number of carboxylic acids is 1. The van der Waals surface area contributed by atoms with E-state index >= 15 is 0 Å². The molecule has 0 atom stereocenters. The Morgan fingerprint density at radius 2 is 1.94 bits per heavy atom. The number of rotatable bonds is 7. The average Bonchev–Trinajstić information content (AvgIpc) is 2.29. The molecule has 1 rings (SSSR count). The van der Waals surface area contributed by atoms with Crippen LogP contribution >= 0.6 is 15.9 Å². The molecular weight excluding hydrogens is 308 g/mol. The molecule has 6 heteroatoms. The van der Waals surface area contributed by atoms with Crippen molar-refractivity contribution in [3.8, 4) is 0 Å². The zero-order valence-corrected chi connectivity index (χ0v) is 11.3. The number of anilines is 1. The van der Waals surface area contributed by atoms with E-state index in [1.54, 1.807) is 0 Å². The van der Waals surface area contributed by atoms with Gasteiger partial charge in [-0.2, -0.15) is 0 Å². The van der Waals surface area contributed by atoms with Crippen LogP contribution in [0.1, 0.15) is 25.7 Å². The van der Waals surface area contributed by atoms with Crippen LogP contribution in [0.15, 0.2) is 16.6 Å². The van der Waals surface area contributed by atoms with Crippen molar-refractivity contribution in [1.82, 2.24) is 0 Å². The number of aliphatic carboxylic acids is 1. The predicted molar refractivity (Wildman–Crippen MR) is 68.7 cm³/mol. The second kappa shape index (κ2) is 7.31. The van der Waals surface area contributed by atoms with Gasteiger partial charge in [-0.15, -0.1) is 0 Å². The SMILES string of the molecule is O=C(O)CCCCCNc1cc(Br)c(F)cc1F. The van der Waals surface area contributed by atoms with Crippen LogP contribution in [0.2, 0.25) is 0 Å². The fourth-order valence-corrected chi connectivity index (χ4v) is 1.80. The van der Waals surface area contributed by atoms with Crippen molar-refractivity contribution in [3.63, 3.8) is 0 Å². The number of unbranched alkanes of at least 4 members (excludes halogenated alkanes) is 2. The maximum atomic E-state index is 13.3. The molecule has 0 unspecified atom stereocenters. The van der Waals surface area contributed by atoms with Crippen LogP contribution in [0.5, 0.6) is 0 Å². The topological polar surface area (TPSA) is 49.3 Å². The van der Waals surface area contributed by atoms with Gasteiger partial charge >= 0.3 is 5.97 Å². The van der Waals surface area contributed by atoms with Gasteiger partial charge in [0.2, 0.25) is 0 Å². The van der Waals surface area contributed by atoms with Crippen molar-refractivity contribution in [2.75, 3.05) is 11.9 Å². The Morgan fingerprint density at radius 3 is 2.61 bits per heavy atom. The van der Waals surface area contributed by atoms with Gasteiger partial charge in [-0.3, -0.25) is 4.79 Å². The van der Waals surface area contributed by atoms with Crippen molar-refractivity contribution >= 4 is 27.6 Å². The third-order valence-corrected chi connectivity index (χ3v) is 3.00. The highest BCUT2D eigenvalue weighted by Gasteiger charge is 2.07. The molecule has 0 spiro atoms. The second-order valence-corrected chi connectivity index (χ2v) is 4.73. The van der Waals surface area contributed by atoms with E-state index in [0.29, 0.717) is 13.0 Å². The van der Waals surface area contributed by atoms with E-state index in [1.807, 2.05) is 0 Å². The molecule has 1 aromatic rings. The lowest BCUT2D eigenvalue weighted by Crippen LogP contribution is -2.04. The van der Waals surface area contributed by atoms with Crippen molar-refractivity contribution in [2.45, 2.75) is 25.7 Å². The molecule has 100 valence electrons. The van der Waals surface area contributed by atoms with Crippen molar-refractivity contribution in [3.05, 3.63) is 28.2 Å². The van der Waals surface area contributed by atoms with Crippen LogP contribution < -0.4 is 5.32 Å². The van der Waals surface area contributed by atoms with Crippen LogP contribution in [-0.2, 0) is 4.79 Å². The molecule has 0 heterocycles. The Morgan fingerprint density at radius 1 is 1.22 bits per heavy atom. The zero-order chi connectivity index (χ0) is 13.5. The monoisotopic (exact) mass is 321 g/mol. The van der Waals surface area contributed by atoms with Gasteiger partial charge in [-0.05, 0) is 34.8 Å². The molecule has 2 N–H and O–H groups in total. The Bertz CT molecular complexity index is 427. The van der Waals surface area contributed by atoms with E-state index in [9.17, 15) is 13.6 Å². The summed E-state index contributed by atoms with van der Waals surface area (Å²) in [7, 11) is 0. The molecule has 0 saturated heterocycles. The molecule has 0 aromatic heterocycles. The van der Waals surface area contributed by atoms with E-state index in [0.717, 1.165) is 18.9 Å². The maximum Gasteiger partial charge on any atom is 0.303 e. The summed E-state index contributed by atoms with van der Waals surface area (Å²) in [4.78, 5) is 10.3. The van der Waals surface area contributed by atoms with Crippen LogP contribution in [0.3, 0.4) is 0 Å². The fraction of sp³-hybridized carbons (Fsp3) is 0.417. The normalized spacial score (nSPS) is 10.4. The second-order valence-electron chi connectivity index (χ2n) is 3.88. The highest BCUT2D eigenvalue weighted by molar-refractivity contribution is 9.10. The smallest absolute Gasteiger partial charge is 0.303 e. The lowest BCUT2D eigenvalue weighted by atomic mass is 10.2. The fourth-order valence-electron chi connectivity index (χ4n) is 1.46. The van der Waals surface area contributed by atoms with Crippen molar-refractivity contribution < 1.29 is 18.7 Å². The number of hydrogen-bond donors (Lipinski definition) is 2. The molecule has 0 amide bonds. The standard InChI is InChI=1S/C12H14BrF2NO2/c13-8-6-11(10(15)7-9(8)14)16-5-3-1-2-4-12(17)18/h6-7,16H,1-5H2,(H,17,18). The van der Waals surface area contributed by atoms with Gasteiger partial charge in [-0.25, -0.2) is 8.78 Å². The number of benzene rings is 1. The third-order valence-electron chi connectivity index (χ3n) is 2.39. The lowest BCUT2D eigenvalue weighted by molar-refractivity contribution is -0.137. The van der Waals surface area contributed by atoms with Crippen LogP contribution in [0.4, 0.5) is 14.5 Å². The molecule has 0 aliphatic carbocycles. The Labute approximate surface area is 112 Å². The summed E-state index contributed by atoms with van der Waals surface area (Å²) in [5, 5.41) is 11.3. The summed E-state index contributed by atoms with van der Waals surface area (Å²) in [5.41, 5.74) is 0.238. The summed E-state index contributed by atoms with van der Waals surface area (Å²) >= 11 is 2.98. The quantitative estimate of drug-likeness (QED) is 0.593. The van der Waals surface area contributed by atoms with Gasteiger partial charge in [-0.1, -0.05) is 6.42 Å². The summed E-state index contributed by atoms with van der Waals surface area (Å²) in [6, 6.07) is 2.17. The first-order chi connectivity index (χ1) is 8.50. The summed E-state index contributed by atoms with van der Waals surface area (Å²) < 4.78 is 26.5. The Balaban J connectivity index is 2.31. The van der Waals surface area contributed by atoms with E-state index < -0.39 is 17.6 Å². The highest BCUT2D eigenvalue weighted by Crippen LogP contribution is 2.23. The minimum absolute atomic E-state index is 0.149. The molecule has 0 saturated carbocycles. The van der Waals surface area contributed by atoms with Gasteiger partial charge in [0, 0.05) is 19.0 Å². The first kappa shape index (κ1) is 14.9. The van der Waals surface area contributed by atoms with Gasteiger partial charge < -0.3 is 10.4 Å². The highest BCUT2D eigenvalue weighted by atomic mass is 79.9. The lowest BCUT2D eigenvalue weighted by Gasteiger charge is -2.08. The molecule has 0 fully saturated rings. The van der Waals surface area contributed by atoms with E-state index in [2.05, 4.69) is 21.2 Å². The number of carboxylic acid groups (broad SMARTS) is 1. The first-order valence-electron chi connectivity index (χ1n) is 5.61. The molecule has 0 aliphatic rings. The molecular formula is C12H14BrF2NO2. The van der Waals surface area contributed by atoms with Crippen LogP contribution in [0, 0.1) is 11.6 Å². The molecule has 18 heavy (non-hydrogen) atoms. The third kappa shape index (κ3) is 5.00. The van der Waals surface area contributed by atoms with E-state index in [4.69, 9.17) is 5.11 Å². The number of carbonyl (C=O) groups is 1. The molecule has 3 nitrogen and oxygen atoms in total. The number of hydrogen-bond acceptors (Lipinski definition) is 2. The minimum atomic E-state index is -0.809. The molecule has 0 radical (unpaired) electrons. The summed E-state index contributed by atoms with van der Waals surface area (Å²) in [6.07, 6.45) is 2.24. The molecule has 1 aromatic carbocycles. The Hall–Kier alpha value is -1.17. The van der Waals surface area contributed by atoms with Gasteiger partial charge in [0.25, 0.3) is 0 Å². The largest absolute Gasteiger partial charge is 0.481 e. The van der Waals surface area contributed by atoms with Gasteiger partial charge in [0.15, 0.2) is 0 Å². The van der Waals surface area contributed by atoms with Crippen LogP contribution in [0.25, 0.3) is 0 Å². The first-order valence-corrected chi connectivity index (χ1v) is 6.40. The van der Waals surface area contributed by atoms with Crippen LogP contribution in [-0.4, -0.2) is 17.6 Å². The summed E-state index contributed by atoms with van der Waals surface area (Å²) in [6.45, 7) is 0.522. The van der Waals surface area contributed by atoms with E-state index in [1.165, 1.54) is 6.07 Å². The number of halogens is 3. The zero-order valence-electron chi connectivity index (χ0n) is 9.68. The maximum absolute atomic E-state index is 13.3. The van der Waals surface area contributed by atoms with Crippen molar-refractivity contribution in [1.29, 1.82) is 0 Å². The molecule has 0 aliphatic heterocycles. The van der Waals surface area contributed by atoms with E-state index in [-0.39, 0.29) is 16.6 Å². The number of nitrogens with one attached hydrogen (secondary N) is 1. The summed E-state index contributed by atoms with van der Waals surface area (Å²) in [5.74, 6) is -2.09. The van der Waals surface area contributed by atoms with Crippen molar-refractivity contribution in [2.24, 2.45) is 0 Å². The predicted octanol–water partition coefficient (Wildman–Crippen LogP) is 3.78. The molecule has 0 bridgehead atoms. The Kier molecular flexibility index (Phi) is 6.04.